The molecule has 0 saturated carbocycles. The maximum atomic E-state index is 12.2. The molecule has 2 aromatic carbocycles. The van der Waals surface area contributed by atoms with E-state index >= 15 is 0 Å². The molecule has 0 saturated heterocycles. The van der Waals surface area contributed by atoms with Gasteiger partial charge in [-0.15, -0.1) is 0 Å². The Hall–Kier alpha value is -2.03. The Bertz CT molecular complexity index is 794. The van der Waals surface area contributed by atoms with E-state index in [4.69, 9.17) is 21.0 Å². The minimum Gasteiger partial charge on any atom is -0.378 e. The quantitative estimate of drug-likeness (QED) is 0.816. The molecule has 0 aromatic heterocycles. The highest BCUT2D eigenvalue weighted by atomic mass is 35.5. The third-order valence-electron chi connectivity index (χ3n) is 2.56. The van der Waals surface area contributed by atoms with Gasteiger partial charge in [-0.05, 0) is 36.8 Å². The van der Waals surface area contributed by atoms with Gasteiger partial charge in [0.05, 0.1) is 10.6 Å². The Morgan fingerprint density at radius 3 is 2.55 bits per heavy atom. The molecule has 0 bridgehead atoms. The summed E-state index contributed by atoms with van der Waals surface area (Å²) in [4.78, 5) is -0.127. The van der Waals surface area contributed by atoms with Crippen molar-refractivity contribution in [2.75, 3.05) is 0 Å². The summed E-state index contributed by atoms with van der Waals surface area (Å²) in [6, 6.07) is 12.5. The zero-order valence-electron chi connectivity index (χ0n) is 10.5. The minimum atomic E-state index is -4.08. The molecular formula is C14H10ClNO3S. The van der Waals surface area contributed by atoms with Gasteiger partial charge in [-0.2, -0.15) is 13.7 Å². The largest absolute Gasteiger partial charge is 0.378 e. The molecule has 0 unspecified atom stereocenters. The summed E-state index contributed by atoms with van der Waals surface area (Å²) in [5.74, 6) is -0.0216. The Balaban J connectivity index is 2.44. The number of para-hydroxylation sites is 1. The molecule has 0 aliphatic heterocycles. The highest BCUT2D eigenvalue weighted by Crippen LogP contribution is 2.27. The first-order valence-corrected chi connectivity index (χ1v) is 7.42. The zero-order valence-corrected chi connectivity index (χ0v) is 12.1. The van der Waals surface area contributed by atoms with E-state index in [0.29, 0.717) is 0 Å². The van der Waals surface area contributed by atoms with E-state index in [2.05, 4.69) is 0 Å². The van der Waals surface area contributed by atoms with E-state index in [1.54, 1.807) is 25.1 Å². The van der Waals surface area contributed by atoms with Crippen LogP contribution in [0.2, 0.25) is 5.02 Å². The van der Waals surface area contributed by atoms with Gasteiger partial charge in [-0.3, -0.25) is 0 Å². The van der Waals surface area contributed by atoms with Crippen molar-refractivity contribution >= 4 is 21.7 Å². The lowest BCUT2D eigenvalue weighted by Crippen LogP contribution is -2.11. The van der Waals surface area contributed by atoms with E-state index < -0.39 is 10.1 Å². The van der Waals surface area contributed by atoms with Crippen LogP contribution in [-0.2, 0) is 10.1 Å². The Kier molecular flexibility index (Phi) is 3.98. The summed E-state index contributed by atoms with van der Waals surface area (Å²) < 4.78 is 29.4. The van der Waals surface area contributed by atoms with Gasteiger partial charge in [0.15, 0.2) is 5.75 Å². The second-order valence-corrected chi connectivity index (χ2v) is 6.00. The van der Waals surface area contributed by atoms with Crippen LogP contribution in [0.25, 0.3) is 0 Å². The molecule has 0 spiro atoms. The maximum Gasteiger partial charge on any atom is 0.340 e. The average molecular weight is 308 g/mol. The van der Waals surface area contributed by atoms with Crippen molar-refractivity contribution in [3.05, 3.63) is 58.6 Å². The number of nitriles is 1. The molecule has 4 nitrogen and oxygen atoms in total. The van der Waals surface area contributed by atoms with Crippen LogP contribution in [0.5, 0.6) is 5.75 Å². The minimum absolute atomic E-state index is 0.0216. The molecule has 0 aliphatic rings. The second-order valence-electron chi connectivity index (χ2n) is 4.08. The topological polar surface area (TPSA) is 67.2 Å². The molecule has 0 fully saturated rings. The van der Waals surface area contributed by atoms with Crippen LogP contribution < -0.4 is 4.18 Å². The normalized spacial score (nSPS) is 10.8. The number of halogens is 1. The summed E-state index contributed by atoms with van der Waals surface area (Å²) in [6.07, 6.45) is 0. The molecule has 0 aliphatic carbocycles. The number of rotatable bonds is 3. The van der Waals surface area contributed by atoms with Gasteiger partial charge in [0.2, 0.25) is 0 Å². The SMILES string of the molecule is Cc1ccc(S(=O)(=O)Oc2ccccc2C#N)c(Cl)c1. The van der Waals surface area contributed by atoms with Crippen LogP contribution in [0.1, 0.15) is 11.1 Å². The van der Waals surface area contributed by atoms with Crippen LogP contribution in [0.4, 0.5) is 0 Å². The number of benzene rings is 2. The first-order valence-electron chi connectivity index (χ1n) is 5.64. The van der Waals surface area contributed by atoms with E-state index in [-0.39, 0.29) is 21.2 Å². The molecule has 102 valence electrons. The van der Waals surface area contributed by atoms with Crippen LogP contribution in [0.15, 0.2) is 47.4 Å². The fourth-order valence-corrected chi connectivity index (χ4v) is 3.13. The molecule has 20 heavy (non-hydrogen) atoms. The molecule has 0 amide bonds. The van der Waals surface area contributed by atoms with E-state index in [1.807, 2.05) is 6.07 Å². The summed E-state index contributed by atoms with van der Waals surface area (Å²) >= 11 is 5.93. The van der Waals surface area contributed by atoms with Gasteiger partial charge in [0.25, 0.3) is 0 Å². The predicted molar refractivity (Wildman–Crippen MR) is 75.2 cm³/mol. The highest BCUT2D eigenvalue weighted by molar-refractivity contribution is 7.87. The fraction of sp³-hybridized carbons (Fsp3) is 0.0714. The second kappa shape index (κ2) is 5.53. The number of hydrogen-bond donors (Lipinski definition) is 0. The third-order valence-corrected chi connectivity index (χ3v) is 4.28. The summed E-state index contributed by atoms with van der Waals surface area (Å²) in [5.41, 5.74) is 0.977. The Morgan fingerprint density at radius 1 is 1.20 bits per heavy atom. The molecule has 0 radical (unpaired) electrons. The van der Waals surface area contributed by atoms with Gasteiger partial charge in [0.1, 0.15) is 11.0 Å². The lowest BCUT2D eigenvalue weighted by Gasteiger charge is -2.09. The van der Waals surface area contributed by atoms with Gasteiger partial charge < -0.3 is 4.18 Å². The van der Waals surface area contributed by atoms with Crippen molar-refractivity contribution in [2.45, 2.75) is 11.8 Å². The first kappa shape index (κ1) is 14.4. The molecule has 0 heterocycles. The van der Waals surface area contributed by atoms with Crippen molar-refractivity contribution in [1.82, 2.24) is 0 Å². The van der Waals surface area contributed by atoms with Gasteiger partial charge in [0, 0.05) is 0 Å². The van der Waals surface area contributed by atoms with E-state index in [1.165, 1.54) is 24.3 Å². The summed E-state index contributed by atoms with van der Waals surface area (Å²) in [6.45, 7) is 1.80. The third kappa shape index (κ3) is 2.93. The number of hydrogen-bond acceptors (Lipinski definition) is 4. The van der Waals surface area contributed by atoms with Crippen molar-refractivity contribution < 1.29 is 12.6 Å². The lowest BCUT2D eigenvalue weighted by atomic mass is 10.2. The van der Waals surface area contributed by atoms with Gasteiger partial charge in [-0.25, -0.2) is 0 Å². The standard InChI is InChI=1S/C14H10ClNO3S/c1-10-6-7-14(12(15)8-10)20(17,18)19-13-5-3-2-4-11(13)9-16/h2-8H,1H3. The smallest absolute Gasteiger partial charge is 0.340 e. The van der Waals surface area contributed by atoms with Crippen LogP contribution in [0.3, 0.4) is 0 Å². The first-order chi connectivity index (χ1) is 9.44. The maximum absolute atomic E-state index is 12.2. The molecule has 6 heteroatoms. The Morgan fingerprint density at radius 2 is 1.90 bits per heavy atom. The van der Waals surface area contributed by atoms with Crippen molar-refractivity contribution in [3.63, 3.8) is 0 Å². The van der Waals surface area contributed by atoms with Crippen LogP contribution in [0, 0.1) is 18.3 Å². The molecule has 0 N–H and O–H groups in total. The van der Waals surface area contributed by atoms with Crippen molar-refractivity contribution in [1.29, 1.82) is 5.26 Å². The van der Waals surface area contributed by atoms with Gasteiger partial charge in [-0.1, -0.05) is 29.8 Å². The van der Waals surface area contributed by atoms with Crippen LogP contribution in [-0.4, -0.2) is 8.42 Å². The molecule has 0 atom stereocenters. The monoisotopic (exact) mass is 307 g/mol. The molecule has 2 aromatic rings. The molecular weight excluding hydrogens is 298 g/mol. The highest BCUT2D eigenvalue weighted by Gasteiger charge is 2.21. The van der Waals surface area contributed by atoms with Crippen molar-refractivity contribution in [2.24, 2.45) is 0 Å². The number of nitrogens with zero attached hydrogens (tertiary/aromatic N) is 1. The van der Waals surface area contributed by atoms with Crippen molar-refractivity contribution in [3.8, 4) is 11.8 Å². The Labute approximate surface area is 122 Å². The van der Waals surface area contributed by atoms with E-state index in [0.717, 1.165) is 5.56 Å². The predicted octanol–water partition coefficient (Wildman–Crippen LogP) is 3.29. The van der Waals surface area contributed by atoms with Gasteiger partial charge >= 0.3 is 10.1 Å². The van der Waals surface area contributed by atoms with Crippen LogP contribution >= 0.6 is 11.6 Å². The summed E-state index contributed by atoms with van der Waals surface area (Å²) in [5, 5.41) is 9.01. The lowest BCUT2D eigenvalue weighted by molar-refractivity contribution is 0.485. The number of aryl methyl sites for hydroxylation is 1. The molecule has 2 rings (SSSR count). The average Bonchev–Trinajstić information content (AvgIpc) is 2.38. The fourth-order valence-electron chi connectivity index (χ4n) is 1.60. The van der Waals surface area contributed by atoms with E-state index in [9.17, 15) is 8.42 Å². The zero-order chi connectivity index (χ0) is 14.8. The summed E-state index contributed by atoms with van der Waals surface area (Å²) in [7, 11) is -4.08.